The highest BCUT2D eigenvalue weighted by Gasteiger charge is 2.29. The van der Waals surface area contributed by atoms with Gasteiger partial charge in [-0.25, -0.2) is 0 Å². The number of ketones is 1. The van der Waals surface area contributed by atoms with E-state index in [2.05, 4.69) is 6.92 Å². The summed E-state index contributed by atoms with van der Waals surface area (Å²) in [6.07, 6.45) is -2.33. The Labute approximate surface area is 111 Å². The maximum Gasteiger partial charge on any atom is 0.401 e. The molecule has 2 nitrogen and oxygen atoms in total. The number of rotatable bonds is 6. The van der Waals surface area contributed by atoms with Crippen LogP contribution < -0.4 is 0 Å². The molecule has 5 heteroatoms. The van der Waals surface area contributed by atoms with Crippen LogP contribution in [0.3, 0.4) is 0 Å². The zero-order valence-electron chi connectivity index (χ0n) is 11.1. The Kier molecular flexibility index (Phi) is 5.54. The maximum atomic E-state index is 12.1. The molecule has 1 aromatic carbocycles. The molecular weight excluding hydrogens is 255 g/mol. The predicted molar refractivity (Wildman–Crippen MR) is 68.3 cm³/mol. The lowest BCUT2D eigenvalue weighted by Crippen LogP contribution is -2.34. The molecule has 106 valence electrons. The number of carbonyl (C=O) groups excluding carboxylic acids is 1. The summed E-state index contributed by atoms with van der Waals surface area (Å²) in [6, 6.07) is 7.05. The van der Waals surface area contributed by atoms with Crippen molar-refractivity contribution in [2.45, 2.75) is 25.9 Å². The van der Waals surface area contributed by atoms with Crippen LogP contribution >= 0.6 is 0 Å². The number of Topliss-reactive ketones (excluding diaryl/α,β-unsaturated/α-hetero) is 1. The molecule has 0 heterocycles. The van der Waals surface area contributed by atoms with Gasteiger partial charge in [0.05, 0.1) is 13.1 Å². The highest BCUT2D eigenvalue weighted by molar-refractivity contribution is 5.97. The van der Waals surface area contributed by atoms with E-state index in [4.69, 9.17) is 0 Å². The molecule has 0 fully saturated rings. The summed E-state index contributed by atoms with van der Waals surface area (Å²) in [7, 11) is 1.29. The number of carbonyl (C=O) groups is 1. The molecule has 0 saturated carbocycles. The van der Waals surface area contributed by atoms with Crippen molar-refractivity contribution >= 4 is 5.78 Å². The van der Waals surface area contributed by atoms with Crippen molar-refractivity contribution in [3.63, 3.8) is 0 Å². The molecule has 0 bridgehead atoms. The molecule has 0 radical (unpaired) electrons. The molecule has 0 atom stereocenters. The van der Waals surface area contributed by atoms with Crippen LogP contribution in [0.1, 0.15) is 29.3 Å². The smallest absolute Gasteiger partial charge is 0.293 e. The van der Waals surface area contributed by atoms with Gasteiger partial charge in [-0.2, -0.15) is 13.2 Å². The van der Waals surface area contributed by atoms with Crippen molar-refractivity contribution in [1.82, 2.24) is 4.90 Å². The van der Waals surface area contributed by atoms with Crippen molar-refractivity contribution in [2.24, 2.45) is 0 Å². The van der Waals surface area contributed by atoms with Crippen LogP contribution in [0.4, 0.5) is 13.2 Å². The number of likely N-dealkylation sites (N-methyl/N-ethyl adjacent to an activating group) is 1. The topological polar surface area (TPSA) is 20.3 Å². The quantitative estimate of drug-likeness (QED) is 0.741. The monoisotopic (exact) mass is 273 g/mol. The number of alkyl halides is 3. The Morgan fingerprint density at radius 2 is 1.79 bits per heavy atom. The molecule has 0 N–H and O–H groups in total. The van der Waals surface area contributed by atoms with Crippen LogP contribution in [-0.2, 0) is 6.42 Å². The SMILES string of the molecule is CCCc1ccc(C(=O)CN(C)CC(F)(F)F)cc1. The van der Waals surface area contributed by atoms with Gasteiger partial charge >= 0.3 is 6.18 Å². The van der Waals surface area contributed by atoms with Gasteiger partial charge in [0, 0.05) is 5.56 Å². The molecule has 0 amide bonds. The Morgan fingerprint density at radius 3 is 2.26 bits per heavy atom. The molecule has 19 heavy (non-hydrogen) atoms. The lowest BCUT2D eigenvalue weighted by atomic mass is 10.1. The predicted octanol–water partition coefficient (Wildman–Crippen LogP) is 3.32. The Morgan fingerprint density at radius 1 is 1.21 bits per heavy atom. The molecule has 1 aromatic rings. The van der Waals surface area contributed by atoms with Crippen molar-refractivity contribution in [3.05, 3.63) is 35.4 Å². The average Bonchev–Trinajstić information content (AvgIpc) is 2.27. The zero-order chi connectivity index (χ0) is 14.5. The van der Waals surface area contributed by atoms with Gasteiger partial charge < -0.3 is 0 Å². The fraction of sp³-hybridized carbons (Fsp3) is 0.500. The first-order chi connectivity index (χ1) is 8.81. The highest BCUT2D eigenvalue weighted by atomic mass is 19.4. The fourth-order valence-electron chi connectivity index (χ4n) is 1.84. The van der Waals surface area contributed by atoms with Crippen LogP contribution in [0.25, 0.3) is 0 Å². The zero-order valence-corrected chi connectivity index (χ0v) is 11.1. The molecule has 0 aromatic heterocycles. The van der Waals surface area contributed by atoms with E-state index in [0.717, 1.165) is 23.3 Å². The number of aryl methyl sites for hydroxylation is 1. The Balaban J connectivity index is 2.58. The van der Waals surface area contributed by atoms with Gasteiger partial charge in [0.1, 0.15) is 0 Å². The summed E-state index contributed by atoms with van der Waals surface area (Å²) in [6.45, 7) is 0.754. The van der Waals surface area contributed by atoms with E-state index in [1.54, 1.807) is 12.1 Å². The molecule has 1 rings (SSSR count). The summed E-state index contributed by atoms with van der Waals surface area (Å²) in [5, 5.41) is 0. The van der Waals surface area contributed by atoms with E-state index in [1.807, 2.05) is 12.1 Å². The van der Waals surface area contributed by atoms with Crippen LogP contribution in [0, 0.1) is 0 Å². The molecule has 0 unspecified atom stereocenters. The Bertz CT molecular complexity index is 412. The van der Waals surface area contributed by atoms with E-state index in [1.165, 1.54) is 7.05 Å². The minimum atomic E-state index is -4.28. The Hall–Kier alpha value is -1.36. The van der Waals surface area contributed by atoms with Gasteiger partial charge in [-0.05, 0) is 19.0 Å². The van der Waals surface area contributed by atoms with E-state index in [9.17, 15) is 18.0 Å². The van der Waals surface area contributed by atoms with E-state index in [0.29, 0.717) is 5.56 Å². The van der Waals surface area contributed by atoms with E-state index < -0.39 is 12.7 Å². The first kappa shape index (κ1) is 15.7. The van der Waals surface area contributed by atoms with Crippen molar-refractivity contribution in [3.8, 4) is 0 Å². The molecular formula is C14H18F3NO. The summed E-state index contributed by atoms with van der Waals surface area (Å²) in [4.78, 5) is 12.8. The van der Waals surface area contributed by atoms with Crippen molar-refractivity contribution < 1.29 is 18.0 Å². The summed E-state index contributed by atoms with van der Waals surface area (Å²) in [5.41, 5.74) is 1.58. The number of nitrogens with zero attached hydrogens (tertiary/aromatic N) is 1. The third-order valence-corrected chi connectivity index (χ3v) is 2.68. The number of benzene rings is 1. The standard InChI is InChI=1S/C14H18F3NO/c1-3-4-11-5-7-12(8-6-11)13(19)9-18(2)10-14(15,16)17/h5-8H,3-4,9-10H2,1-2H3. The first-order valence-corrected chi connectivity index (χ1v) is 6.19. The molecule has 0 spiro atoms. The van der Waals surface area contributed by atoms with Gasteiger partial charge in [-0.3, -0.25) is 9.69 Å². The van der Waals surface area contributed by atoms with Crippen LogP contribution in [0.5, 0.6) is 0 Å². The minimum Gasteiger partial charge on any atom is -0.293 e. The lowest BCUT2D eigenvalue weighted by Gasteiger charge is -2.17. The van der Waals surface area contributed by atoms with Gasteiger partial charge in [0.15, 0.2) is 5.78 Å². The summed E-state index contributed by atoms with van der Waals surface area (Å²) in [5.74, 6) is -0.296. The largest absolute Gasteiger partial charge is 0.401 e. The lowest BCUT2D eigenvalue weighted by molar-refractivity contribution is -0.141. The minimum absolute atomic E-state index is 0.230. The fourth-order valence-corrected chi connectivity index (χ4v) is 1.84. The third kappa shape index (κ3) is 5.87. The van der Waals surface area contributed by atoms with Crippen LogP contribution in [0.2, 0.25) is 0 Å². The summed E-state index contributed by atoms with van der Waals surface area (Å²) >= 11 is 0. The van der Waals surface area contributed by atoms with Crippen molar-refractivity contribution in [1.29, 1.82) is 0 Å². The average molecular weight is 273 g/mol. The van der Waals surface area contributed by atoms with Crippen LogP contribution in [-0.4, -0.2) is 37.0 Å². The van der Waals surface area contributed by atoms with Gasteiger partial charge in [-0.1, -0.05) is 37.6 Å². The normalized spacial score (nSPS) is 11.9. The van der Waals surface area contributed by atoms with Crippen molar-refractivity contribution in [2.75, 3.05) is 20.1 Å². The number of hydrogen-bond donors (Lipinski definition) is 0. The second-order valence-electron chi connectivity index (χ2n) is 4.66. The number of hydrogen-bond acceptors (Lipinski definition) is 2. The summed E-state index contributed by atoms with van der Waals surface area (Å²) < 4.78 is 36.4. The van der Waals surface area contributed by atoms with Crippen LogP contribution in [0.15, 0.2) is 24.3 Å². The third-order valence-electron chi connectivity index (χ3n) is 2.68. The van der Waals surface area contributed by atoms with E-state index in [-0.39, 0.29) is 12.3 Å². The second kappa shape index (κ2) is 6.70. The number of halogens is 3. The molecule has 0 aliphatic heterocycles. The maximum absolute atomic E-state index is 12.1. The van der Waals surface area contributed by atoms with Gasteiger partial charge in [0.2, 0.25) is 0 Å². The molecule has 0 aliphatic rings. The molecule has 0 aliphatic carbocycles. The van der Waals surface area contributed by atoms with Gasteiger partial charge in [0.25, 0.3) is 0 Å². The van der Waals surface area contributed by atoms with E-state index >= 15 is 0 Å². The second-order valence-corrected chi connectivity index (χ2v) is 4.66. The molecule has 0 saturated heterocycles. The van der Waals surface area contributed by atoms with Gasteiger partial charge in [-0.15, -0.1) is 0 Å². The highest BCUT2D eigenvalue weighted by Crippen LogP contribution is 2.16. The first-order valence-electron chi connectivity index (χ1n) is 6.19.